The molecule has 0 heterocycles. The normalized spacial score (nSPS) is 37.7. The standard InChI is InChI=1S/C29H38/c1-19(2)9-8-10-21(4)24-11-12-25-23-18-22(5)27-17-20(3)13-15-29(27,7)26(23)14-16-28(24,25)6/h11,13-15,17,22-23,25H,1,3-4,8-10,12,16,18H2,2,5-7H3/t22-,23?,25?,28+,29+/m0/s1. The summed E-state index contributed by atoms with van der Waals surface area (Å²) in [5.41, 5.74) is 8.97. The molecule has 0 spiro atoms. The van der Waals surface area contributed by atoms with Gasteiger partial charge in [-0.05, 0) is 86.7 Å². The van der Waals surface area contributed by atoms with Crippen molar-refractivity contribution in [3.63, 3.8) is 0 Å². The first-order valence-electron chi connectivity index (χ1n) is 11.5. The van der Waals surface area contributed by atoms with E-state index in [0.717, 1.165) is 30.8 Å². The second-order valence-electron chi connectivity index (χ2n) is 10.6. The molecule has 0 heteroatoms. The number of hydrogen-bond donors (Lipinski definition) is 0. The van der Waals surface area contributed by atoms with Gasteiger partial charge >= 0.3 is 0 Å². The van der Waals surface area contributed by atoms with Gasteiger partial charge in [0.05, 0.1) is 0 Å². The second kappa shape index (κ2) is 7.15. The molecule has 0 bridgehead atoms. The van der Waals surface area contributed by atoms with Gasteiger partial charge in [0.25, 0.3) is 0 Å². The Kier molecular flexibility index (Phi) is 5.04. The van der Waals surface area contributed by atoms with E-state index in [9.17, 15) is 0 Å². The lowest BCUT2D eigenvalue weighted by atomic mass is 9.50. The van der Waals surface area contributed by atoms with Gasteiger partial charge in [0, 0.05) is 5.41 Å². The fourth-order valence-corrected chi connectivity index (χ4v) is 6.86. The van der Waals surface area contributed by atoms with Crippen molar-refractivity contribution in [3.05, 3.63) is 83.6 Å². The molecule has 0 radical (unpaired) electrons. The highest BCUT2D eigenvalue weighted by molar-refractivity contribution is 5.52. The maximum atomic E-state index is 4.53. The second-order valence-corrected chi connectivity index (χ2v) is 10.6. The summed E-state index contributed by atoms with van der Waals surface area (Å²) in [5.74, 6) is 2.02. The van der Waals surface area contributed by atoms with Crippen molar-refractivity contribution in [3.8, 4) is 0 Å². The summed E-state index contributed by atoms with van der Waals surface area (Å²) in [6.07, 6.45) is 19.2. The molecule has 0 amide bonds. The summed E-state index contributed by atoms with van der Waals surface area (Å²) in [6, 6.07) is 0. The quantitative estimate of drug-likeness (QED) is 0.417. The number of allylic oxidation sites excluding steroid dienone is 11. The summed E-state index contributed by atoms with van der Waals surface area (Å²) in [5, 5.41) is 0. The Morgan fingerprint density at radius 3 is 2.62 bits per heavy atom. The minimum Gasteiger partial charge on any atom is -0.100 e. The third kappa shape index (κ3) is 3.20. The van der Waals surface area contributed by atoms with E-state index in [-0.39, 0.29) is 10.8 Å². The molecule has 0 aromatic rings. The molecule has 2 unspecified atom stereocenters. The van der Waals surface area contributed by atoms with E-state index in [1.54, 1.807) is 16.7 Å². The van der Waals surface area contributed by atoms with Crippen LogP contribution < -0.4 is 0 Å². The molecule has 154 valence electrons. The third-order valence-electron chi connectivity index (χ3n) is 8.41. The smallest absolute Gasteiger partial charge is 0.0284 e. The molecule has 0 aliphatic heterocycles. The van der Waals surface area contributed by atoms with E-state index < -0.39 is 0 Å². The monoisotopic (exact) mass is 386 g/mol. The van der Waals surface area contributed by atoms with E-state index >= 15 is 0 Å². The fraction of sp³-hybridized carbons (Fsp3) is 0.517. The van der Waals surface area contributed by atoms with Crippen LogP contribution >= 0.6 is 0 Å². The van der Waals surface area contributed by atoms with Crippen molar-refractivity contribution in [2.24, 2.45) is 28.6 Å². The van der Waals surface area contributed by atoms with Gasteiger partial charge in [-0.25, -0.2) is 0 Å². The Balaban J connectivity index is 1.61. The van der Waals surface area contributed by atoms with E-state index in [2.05, 4.69) is 77.8 Å². The van der Waals surface area contributed by atoms with Crippen LogP contribution in [-0.2, 0) is 0 Å². The average molecular weight is 387 g/mol. The lowest BCUT2D eigenvalue weighted by Gasteiger charge is -2.54. The predicted octanol–water partition coefficient (Wildman–Crippen LogP) is 8.29. The third-order valence-corrected chi connectivity index (χ3v) is 8.41. The van der Waals surface area contributed by atoms with Crippen molar-refractivity contribution >= 4 is 0 Å². The van der Waals surface area contributed by atoms with E-state index in [0.29, 0.717) is 11.8 Å². The lowest BCUT2D eigenvalue weighted by molar-refractivity contribution is 0.136. The maximum absolute atomic E-state index is 4.53. The van der Waals surface area contributed by atoms with Crippen molar-refractivity contribution in [1.29, 1.82) is 0 Å². The van der Waals surface area contributed by atoms with Crippen LogP contribution in [-0.4, -0.2) is 0 Å². The lowest BCUT2D eigenvalue weighted by Crippen LogP contribution is -2.44. The molecule has 29 heavy (non-hydrogen) atoms. The Labute approximate surface area is 178 Å². The molecule has 1 saturated carbocycles. The minimum atomic E-state index is 0.0894. The first-order chi connectivity index (χ1) is 13.7. The summed E-state index contributed by atoms with van der Waals surface area (Å²) in [6.45, 7) is 22.3. The van der Waals surface area contributed by atoms with Crippen LogP contribution in [0.4, 0.5) is 0 Å². The molecule has 0 saturated heterocycles. The maximum Gasteiger partial charge on any atom is 0.0284 e. The van der Waals surface area contributed by atoms with Crippen molar-refractivity contribution in [2.75, 3.05) is 0 Å². The Bertz CT molecular complexity index is 885. The van der Waals surface area contributed by atoms with Crippen LogP contribution in [0.3, 0.4) is 0 Å². The molecule has 0 nitrogen and oxygen atoms in total. The summed E-state index contributed by atoms with van der Waals surface area (Å²) >= 11 is 0. The van der Waals surface area contributed by atoms with Crippen molar-refractivity contribution in [1.82, 2.24) is 0 Å². The highest BCUT2D eigenvalue weighted by atomic mass is 14.6. The fourth-order valence-electron chi connectivity index (χ4n) is 6.86. The van der Waals surface area contributed by atoms with Gasteiger partial charge < -0.3 is 0 Å². The first kappa shape index (κ1) is 20.5. The molecule has 4 aliphatic carbocycles. The Hall–Kier alpha value is -1.82. The van der Waals surface area contributed by atoms with Crippen LogP contribution in [0.15, 0.2) is 83.6 Å². The number of hydrogen-bond acceptors (Lipinski definition) is 0. The van der Waals surface area contributed by atoms with Gasteiger partial charge in [-0.2, -0.15) is 0 Å². The summed E-state index contributed by atoms with van der Waals surface area (Å²) in [7, 11) is 0. The van der Waals surface area contributed by atoms with E-state index in [4.69, 9.17) is 0 Å². The molecule has 0 aromatic carbocycles. The van der Waals surface area contributed by atoms with E-state index in [1.165, 1.54) is 30.4 Å². The molecule has 4 rings (SSSR count). The zero-order valence-corrected chi connectivity index (χ0v) is 19.0. The molecular weight excluding hydrogens is 348 g/mol. The zero-order valence-electron chi connectivity index (χ0n) is 19.0. The SMILES string of the molecule is C=C1C=C[C@]2(C)C3=CC[C@]4(C)C(C(=C)CCCC(=C)C)=CCC4C3C[C@H](C)C2=C1. The Morgan fingerprint density at radius 2 is 1.90 bits per heavy atom. The van der Waals surface area contributed by atoms with Crippen LogP contribution in [0.25, 0.3) is 0 Å². The van der Waals surface area contributed by atoms with Gasteiger partial charge in [0.2, 0.25) is 0 Å². The zero-order chi connectivity index (χ0) is 21.0. The van der Waals surface area contributed by atoms with Gasteiger partial charge in [-0.1, -0.05) is 79.7 Å². The van der Waals surface area contributed by atoms with Crippen LogP contribution in [0.1, 0.15) is 66.2 Å². The minimum absolute atomic E-state index is 0.0894. The van der Waals surface area contributed by atoms with Crippen LogP contribution in [0, 0.1) is 28.6 Å². The highest BCUT2D eigenvalue weighted by Crippen LogP contribution is 2.64. The molecule has 0 N–H and O–H groups in total. The molecule has 4 aliphatic rings. The van der Waals surface area contributed by atoms with Crippen LogP contribution in [0.2, 0.25) is 0 Å². The summed E-state index contributed by atoms with van der Waals surface area (Å²) < 4.78 is 0. The first-order valence-corrected chi connectivity index (χ1v) is 11.5. The number of rotatable bonds is 5. The van der Waals surface area contributed by atoms with Gasteiger partial charge in [-0.15, -0.1) is 6.58 Å². The molecule has 5 atom stereocenters. The molecule has 0 aromatic heterocycles. The highest BCUT2D eigenvalue weighted by Gasteiger charge is 2.54. The molecule has 1 fully saturated rings. The Morgan fingerprint density at radius 1 is 1.14 bits per heavy atom. The summed E-state index contributed by atoms with van der Waals surface area (Å²) in [4.78, 5) is 0. The predicted molar refractivity (Wildman–Crippen MR) is 127 cm³/mol. The average Bonchev–Trinajstić information content (AvgIpc) is 3.00. The van der Waals surface area contributed by atoms with Crippen molar-refractivity contribution < 1.29 is 0 Å². The van der Waals surface area contributed by atoms with Gasteiger partial charge in [-0.3, -0.25) is 0 Å². The largest absolute Gasteiger partial charge is 0.100 e. The van der Waals surface area contributed by atoms with Crippen molar-refractivity contribution in [2.45, 2.75) is 66.2 Å². The molecular formula is C29H38. The van der Waals surface area contributed by atoms with E-state index in [1.807, 2.05) is 0 Å². The topological polar surface area (TPSA) is 0 Å². The van der Waals surface area contributed by atoms with Gasteiger partial charge in [0.15, 0.2) is 0 Å². The van der Waals surface area contributed by atoms with Crippen LogP contribution in [0.5, 0.6) is 0 Å². The van der Waals surface area contributed by atoms with Gasteiger partial charge in [0.1, 0.15) is 0 Å². The number of fused-ring (bicyclic) bond motifs is 5.